The molecule has 0 radical (unpaired) electrons. The predicted octanol–water partition coefficient (Wildman–Crippen LogP) is 2.52. The number of nitrogens with zero attached hydrogens (tertiary/aromatic N) is 3. The van der Waals surface area contributed by atoms with Crippen LogP contribution in [0.4, 0.5) is 0 Å². The quantitative estimate of drug-likeness (QED) is 0.479. The van der Waals surface area contributed by atoms with Gasteiger partial charge in [-0.25, -0.2) is 0 Å². The first-order chi connectivity index (χ1) is 14.8. The molecule has 2 aromatic carbocycles. The Kier molecular flexibility index (Phi) is 6.65. The summed E-state index contributed by atoms with van der Waals surface area (Å²) >= 11 is 0. The molecule has 1 aliphatic rings. The molecule has 0 spiro atoms. The lowest BCUT2D eigenvalue weighted by Gasteiger charge is -2.27. The minimum atomic E-state index is -0.973. The smallest absolute Gasteiger partial charge is 0.306 e. The number of hydrogen-bond donors (Lipinski definition) is 0. The second kappa shape index (κ2) is 9.39. The molecule has 0 saturated heterocycles. The van der Waals surface area contributed by atoms with Crippen LogP contribution in [0.1, 0.15) is 46.9 Å². The van der Waals surface area contributed by atoms with Crippen LogP contribution in [0.25, 0.3) is 10.8 Å². The highest BCUT2D eigenvalue weighted by molar-refractivity contribution is 6.25. The standard InChI is InChI=1S/C23H23N3O5/c1-15(21(28)25(2)13-6-12-24)31-19(27)11-5-14-26-22(29)17-9-3-7-16-8-4-10-18(20(16)17)23(26)30/h3-4,7-10,15H,5-6,11,13-14H2,1-2H3/t15-/m1/s1. The molecule has 1 atom stereocenters. The zero-order valence-corrected chi connectivity index (χ0v) is 17.5. The van der Waals surface area contributed by atoms with Gasteiger partial charge in [0.1, 0.15) is 0 Å². The number of carbonyl (C=O) groups is 4. The van der Waals surface area contributed by atoms with E-state index in [0.717, 1.165) is 10.3 Å². The van der Waals surface area contributed by atoms with Crippen molar-refractivity contribution in [2.75, 3.05) is 20.1 Å². The minimum Gasteiger partial charge on any atom is -0.453 e. The number of likely N-dealkylation sites (N-methyl/N-ethyl adjacent to an activating group) is 1. The van der Waals surface area contributed by atoms with Crippen molar-refractivity contribution < 1.29 is 23.9 Å². The molecular weight excluding hydrogens is 398 g/mol. The number of hydrogen-bond acceptors (Lipinski definition) is 6. The van der Waals surface area contributed by atoms with Crippen molar-refractivity contribution in [2.45, 2.75) is 32.3 Å². The average molecular weight is 421 g/mol. The van der Waals surface area contributed by atoms with Gasteiger partial charge in [-0.15, -0.1) is 0 Å². The van der Waals surface area contributed by atoms with Crippen LogP contribution < -0.4 is 0 Å². The summed E-state index contributed by atoms with van der Waals surface area (Å²) < 4.78 is 5.16. The highest BCUT2D eigenvalue weighted by atomic mass is 16.5. The van der Waals surface area contributed by atoms with Gasteiger partial charge in [0.2, 0.25) is 0 Å². The monoisotopic (exact) mass is 421 g/mol. The zero-order valence-electron chi connectivity index (χ0n) is 17.5. The topological polar surface area (TPSA) is 108 Å². The maximum absolute atomic E-state index is 12.8. The van der Waals surface area contributed by atoms with E-state index < -0.39 is 18.0 Å². The van der Waals surface area contributed by atoms with Crippen molar-refractivity contribution in [3.05, 3.63) is 47.5 Å². The first-order valence-corrected chi connectivity index (χ1v) is 10.0. The van der Waals surface area contributed by atoms with Gasteiger partial charge >= 0.3 is 5.97 Å². The maximum Gasteiger partial charge on any atom is 0.306 e. The summed E-state index contributed by atoms with van der Waals surface area (Å²) in [6.45, 7) is 1.80. The Morgan fingerprint density at radius 3 is 2.32 bits per heavy atom. The number of amides is 3. The molecule has 160 valence electrons. The number of ether oxygens (including phenoxy) is 1. The van der Waals surface area contributed by atoms with Crippen LogP contribution in [0.3, 0.4) is 0 Å². The van der Waals surface area contributed by atoms with E-state index in [2.05, 4.69) is 0 Å². The van der Waals surface area contributed by atoms with E-state index in [-0.39, 0.29) is 44.2 Å². The summed E-state index contributed by atoms with van der Waals surface area (Å²) in [4.78, 5) is 52.4. The number of imide groups is 1. The van der Waals surface area contributed by atoms with Gasteiger partial charge in [0.15, 0.2) is 6.10 Å². The molecule has 0 aliphatic carbocycles. The van der Waals surface area contributed by atoms with Gasteiger partial charge in [-0.1, -0.05) is 24.3 Å². The Balaban J connectivity index is 1.57. The molecule has 8 heteroatoms. The van der Waals surface area contributed by atoms with Crippen molar-refractivity contribution in [2.24, 2.45) is 0 Å². The minimum absolute atomic E-state index is 0.0392. The van der Waals surface area contributed by atoms with Crippen LogP contribution in [0, 0.1) is 11.3 Å². The molecule has 0 fully saturated rings. The summed E-state index contributed by atoms with van der Waals surface area (Å²) in [7, 11) is 1.54. The third-order valence-electron chi connectivity index (χ3n) is 5.21. The fourth-order valence-electron chi connectivity index (χ4n) is 3.61. The SMILES string of the molecule is C[C@@H](OC(=O)CCCN1C(=O)c2cccc3cccc(c23)C1=O)C(=O)N(C)CCC#N. The second-order valence-electron chi connectivity index (χ2n) is 7.37. The third kappa shape index (κ3) is 4.56. The van der Waals surface area contributed by atoms with E-state index in [0.29, 0.717) is 16.5 Å². The molecule has 0 unspecified atom stereocenters. The molecule has 0 bridgehead atoms. The van der Waals surface area contributed by atoms with E-state index in [4.69, 9.17) is 10.00 Å². The second-order valence-corrected chi connectivity index (χ2v) is 7.37. The lowest BCUT2D eigenvalue weighted by Crippen LogP contribution is -2.41. The zero-order chi connectivity index (χ0) is 22.5. The Morgan fingerprint density at radius 1 is 1.13 bits per heavy atom. The fraction of sp³-hybridized carbons (Fsp3) is 0.348. The fourth-order valence-corrected chi connectivity index (χ4v) is 3.61. The predicted molar refractivity (Wildman–Crippen MR) is 112 cm³/mol. The van der Waals surface area contributed by atoms with Crippen molar-refractivity contribution in [3.8, 4) is 6.07 Å². The summed E-state index contributed by atoms with van der Waals surface area (Å²) in [5, 5.41) is 10.1. The lowest BCUT2D eigenvalue weighted by molar-refractivity contribution is -0.158. The Hall–Kier alpha value is -3.73. The summed E-state index contributed by atoms with van der Waals surface area (Å²) in [6.07, 6.45) is -0.598. The molecule has 1 aliphatic heterocycles. The molecule has 3 rings (SSSR count). The number of benzene rings is 2. The van der Waals surface area contributed by atoms with Crippen molar-refractivity contribution in [1.82, 2.24) is 9.80 Å². The molecule has 1 heterocycles. The Bertz CT molecular complexity index is 1040. The van der Waals surface area contributed by atoms with Gasteiger partial charge in [0, 0.05) is 43.1 Å². The molecule has 0 N–H and O–H groups in total. The Labute approximate surface area is 180 Å². The largest absolute Gasteiger partial charge is 0.453 e. The van der Waals surface area contributed by atoms with Gasteiger partial charge in [0.25, 0.3) is 17.7 Å². The van der Waals surface area contributed by atoms with E-state index in [9.17, 15) is 19.2 Å². The molecule has 0 saturated carbocycles. The molecule has 8 nitrogen and oxygen atoms in total. The van der Waals surface area contributed by atoms with Crippen LogP contribution in [-0.2, 0) is 14.3 Å². The first-order valence-electron chi connectivity index (χ1n) is 10.0. The summed E-state index contributed by atoms with van der Waals surface area (Å²) in [5.41, 5.74) is 0.935. The third-order valence-corrected chi connectivity index (χ3v) is 5.21. The lowest BCUT2D eigenvalue weighted by atomic mass is 9.94. The number of esters is 1. The van der Waals surface area contributed by atoms with E-state index in [1.807, 2.05) is 18.2 Å². The van der Waals surface area contributed by atoms with E-state index in [1.165, 1.54) is 18.9 Å². The van der Waals surface area contributed by atoms with E-state index >= 15 is 0 Å². The number of nitriles is 1. The molecule has 31 heavy (non-hydrogen) atoms. The van der Waals surface area contributed by atoms with Gasteiger partial charge in [0.05, 0.1) is 12.5 Å². The number of rotatable bonds is 8. The van der Waals surface area contributed by atoms with Crippen LogP contribution in [0.15, 0.2) is 36.4 Å². The normalized spacial score (nSPS) is 13.6. The van der Waals surface area contributed by atoms with Gasteiger partial charge in [-0.3, -0.25) is 24.1 Å². The molecule has 0 aromatic heterocycles. The van der Waals surface area contributed by atoms with E-state index in [1.54, 1.807) is 24.3 Å². The maximum atomic E-state index is 12.8. The van der Waals surface area contributed by atoms with Gasteiger partial charge in [-0.05, 0) is 30.9 Å². The van der Waals surface area contributed by atoms with Crippen LogP contribution >= 0.6 is 0 Å². The van der Waals surface area contributed by atoms with Crippen LogP contribution in [0.2, 0.25) is 0 Å². The molecule has 2 aromatic rings. The highest BCUT2D eigenvalue weighted by Crippen LogP contribution is 2.30. The summed E-state index contributed by atoms with van der Waals surface area (Å²) in [6, 6.07) is 12.6. The summed E-state index contributed by atoms with van der Waals surface area (Å²) in [5.74, 6) is -1.75. The van der Waals surface area contributed by atoms with Crippen molar-refractivity contribution in [3.63, 3.8) is 0 Å². The van der Waals surface area contributed by atoms with Crippen LogP contribution in [0.5, 0.6) is 0 Å². The van der Waals surface area contributed by atoms with Crippen molar-refractivity contribution >= 4 is 34.5 Å². The first kappa shape index (κ1) is 22.0. The number of carbonyl (C=O) groups excluding carboxylic acids is 4. The average Bonchev–Trinajstić information content (AvgIpc) is 2.77. The van der Waals surface area contributed by atoms with Crippen LogP contribution in [-0.4, -0.2) is 59.7 Å². The molecular formula is C23H23N3O5. The highest BCUT2D eigenvalue weighted by Gasteiger charge is 2.32. The van der Waals surface area contributed by atoms with Gasteiger partial charge in [-0.2, -0.15) is 5.26 Å². The van der Waals surface area contributed by atoms with Crippen molar-refractivity contribution in [1.29, 1.82) is 5.26 Å². The van der Waals surface area contributed by atoms with Gasteiger partial charge < -0.3 is 9.64 Å². The Morgan fingerprint density at radius 2 is 1.74 bits per heavy atom. The molecule has 3 amide bonds.